The maximum Gasteiger partial charge on any atom is 0.417 e. The molecule has 5 nitrogen and oxygen atoms in total. The van der Waals surface area contributed by atoms with Crippen molar-refractivity contribution in [2.45, 2.75) is 30.1 Å². The second-order valence-electron chi connectivity index (χ2n) is 5.71. The number of halogens is 4. The molecule has 10 heteroatoms. The summed E-state index contributed by atoms with van der Waals surface area (Å²) in [5.41, 5.74) is 0.129. The van der Waals surface area contributed by atoms with Crippen molar-refractivity contribution >= 4 is 34.9 Å². The van der Waals surface area contributed by atoms with Gasteiger partial charge in [-0.15, -0.1) is 10.2 Å². The Kier molecular flexibility index (Phi) is 5.61. The molecule has 0 saturated heterocycles. The van der Waals surface area contributed by atoms with Crippen LogP contribution in [0.1, 0.15) is 18.1 Å². The number of carbonyl (C=O) groups is 1. The number of benzene rings is 1. The maximum atomic E-state index is 13.0. The first kappa shape index (κ1) is 19.5. The van der Waals surface area contributed by atoms with E-state index in [1.54, 1.807) is 6.92 Å². The summed E-state index contributed by atoms with van der Waals surface area (Å²) in [5, 5.41) is 9.86. The van der Waals surface area contributed by atoms with E-state index in [-0.39, 0.29) is 21.7 Å². The number of carbonyl (C=O) groups excluding carboxylic acids is 1. The Morgan fingerprint density at radius 1 is 1.30 bits per heavy atom. The molecule has 0 aliphatic carbocycles. The quantitative estimate of drug-likeness (QED) is 0.636. The summed E-state index contributed by atoms with van der Waals surface area (Å²) in [5.74, 6) is -0.265. The van der Waals surface area contributed by atoms with Crippen molar-refractivity contribution in [3.05, 3.63) is 58.7 Å². The number of nitrogens with zero attached hydrogens (tertiary/aromatic N) is 3. The fourth-order valence-corrected chi connectivity index (χ4v) is 3.40. The van der Waals surface area contributed by atoms with Crippen LogP contribution in [0.5, 0.6) is 0 Å². The molecule has 1 amide bonds. The molecule has 2 heterocycles. The van der Waals surface area contributed by atoms with Crippen LogP contribution >= 0.6 is 23.4 Å². The maximum absolute atomic E-state index is 13.0. The number of rotatable bonds is 5. The number of thioether (sulfide) groups is 1. The van der Waals surface area contributed by atoms with Gasteiger partial charge in [-0.25, -0.2) is 0 Å². The average Bonchev–Trinajstić information content (AvgIpc) is 3.03. The Morgan fingerprint density at radius 3 is 2.67 bits per heavy atom. The highest BCUT2D eigenvalue weighted by molar-refractivity contribution is 8.00. The molecule has 0 radical (unpaired) electrons. The van der Waals surface area contributed by atoms with Crippen LogP contribution in [0, 0.1) is 0 Å². The van der Waals surface area contributed by atoms with Crippen LogP contribution in [-0.2, 0) is 17.5 Å². The zero-order valence-electron chi connectivity index (χ0n) is 14.0. The summed E-state index contributed by atoms with van der Waals surface area (Å²) in [4.78, 5) is 12.3. The van der Waals surface area contributed by atoms with Gasteiger partial charge in [0.05, 0.1) is 15.8 Å². The largest absolute Gasteiger partial charge is 0.417 e. The van der Waals surface area contributed by atoms with Crippen molar-refractivity contribution in [3.8, 4) is 0 Å². The Hall–Kier alpha value is -2.26. The second-order valence-corrected chi connectivity index (χ2v) is 7.43. The van der Waals surface area contributed by atoms with Crippen molar-refractivity contribution in [2.75, 3.05) is 0 Å². The van der Waals surface area contributed by atoms with Crippen molar-refractivity contribution in [3.63, 3.8) is 0 Å². The Balaban J connectivity index is 1.75. The molecule has 1 unspecified atom stereocenters. The van der Waals surface area contributed by atoms with E-state index in [0.717, 1.165) is 34.0 Å². The fraction of sp³-hybridized carbons (Fsp3) is 0.235. The van der Waals surface area contributed by atoms with E-state index in [4.69, 9.17) is 11.6 Å². The van der Waals surface area contributed by atoms with Crippen LogP contribution in [0.25, 0.3) is 5.65 Å². The van der Waals surface area contributed by atoms with Gasteiger partial charge in [0.1, 0.15) is 0 Å². The van der Waals surface area contributed by atoms with Gasteiger partial charge in [0.2, 0.25) is 5.91 Å². The third kappa shape index (κ3) is 4.54. The SMILES string of the molecule is CC(Sc1nnc2c(Cl)cc(C(F)(F)F)cn12)C(=O)NCc1ccccc1. The van der Waals surface area contributed by atoms with E-state index in [9.17, 15) is 18.0 Å². The minimum atomic E-state index is -4.55. The molecule has 1 atom stereocenters. The molecular formula is C17H14ClF3N4OS. The summed E-state index contributed by atoms with van der Waals surface area (Å²) >= 11 is 6.89. The molecular weight excluding hydrogens is 401 g/mol. The molecule has 0 aliphatic heterocycles. The third-order valence-corrected chi connectivity index (χ3v) is 5.05. The highest BCUT2D eigenvalue weighted by Gasteiger charge is 2.32. The molecule has 0 spiro atoms. The molecule has 0 aliphatic rings. The van der Waals surface area contributed by atoms with Gasteiger partial charge in [0.25, 0.3) is 0 Å². The minimum absolute atomic E-state index is 0.101. The van der Waals surface area contributed by atoms with Crippen LogP contribution in [0.4, 0.5) is 13.2 Å². The number of pyridine rings is 1. The molecule has 3 aromatic rings. The smallest absolute Gasteiger partial charge is 0.351 e. The first-order valence-electron chi connectivity index (χ1n) is 7.85. The van der Waals surface area contributed by atoms with Crippen molar-refractivity contribution in [1.82, 2.24) is 19.9 Å². The topological polar surface area (TPSA) is 59.3 Å². The molecule has 2 aromatic heterocycles. The molecule has 1 N–H and O–H groups in total. The van der Waals surface area contributed by atoms with Crippen LogP contribution in [0.2, 0.25) is 5.02 Å². The summed E-state index contributed by atoms with van der Waals surface area (Å²) in [6.07, 6.45) is -3.68. The number of hydrogen-bond donors (Lipinski definition) is 1. The molecule has 0 bridgehead atoms. The monoisotopic (exact) mass is 414 g/mol. The van der Waals surface area contributed by atoms with E-state index < -0.39 is 17.0 Å². The molecule has 27 heavy (non-hydrogen) atoms. The lowest BCUT2D eigenvalue weighted by molar-refractivity contribution is -0.137. The lowest BCUT2D eigenvalue weighted by atomic mass is 10.2. The number of alkyl halides is 3. The Bertz CT molecular complexity index is 962. The van der Waals surface area contributed by atoms with E-state index in [0.29, 0.717) is 6.54 Å². The summed E-state index contributed by atoms with van der Waals surface area (Å²) in [6.45, 7) is 2.00. The van der Waals surface area contributed by atoms with E-state index in [1.807, 2.05) is 30.3 Å². The number of fused-ring (bicyclic) bond motifs is 1. The Labute approximate surface area is 161 Å². The first-order valence-corrected chi connectivity index (χ1v) is 9.11. The summed E-state index contributed by atoms with van der Waals surface area (Å²) < 4.78 is 40.2. The molecule has 142 valence electrons. The highest BCUT2D eigenvalue weighted by Crippen LogP contribution is 2.33. The molecule has 0 fully saturated rings. The van der Waals surface area contributed by atoms with Crippen LogP contribution in [0.15, 0.2) is 47.8 Å². The molecule has 3 rings (SSSR count). The van der Waals surface area contributed by atoms with E-state index in [1.165, 1.54) is 0 Å². The fourth-order valence-electron chi connectivity index (χ4n) is 2.31. The van der Waals surface area contributed by atoms with Gasteiger partial charge in [0.15, 0.2) is 10.8 Å². The van der Waals surface area contributed by atoms with Gasteiger partial charge in [-0.1, -0.05) is 53.7 Å². The third-order valence-electron chi connectivity index (χ3n) is 3.72. The van der Waals surface area contributed by atoms with Crippen molar-refractivity contribution < 1.29 is 18.0 Å². The number of amides is 1. The first-order chi connectivity index (χ1) is 12.8. The van der Waals surface area contributed by atoms with Crippen LogP contribution in [0.3, 0.4) is 0 Å². The van der Waals surface area contributed by atoms with Gasteiger partial charge >= 0.3 is 6.18 Å². The van der Waals surface area contributed by atoms with Crippen LogP contribution in [-0.4, -0.2) is 25.8 Å². The standard InChI is InChI=1S/C17H14ClF3N4OS/c1-10(15(26)22-8-11-5-3-2-4-6-11)27-16-24-23-14-13(18)7-12(9-25(14)16)17(19,20)21/h2-7,9-10H,8H2,1H3,(H,22,26). The zero-order chi connectivity index (χ0) is 19.6. The summed E-state index contributed by atoms with van der Waals surface area (Å²) in [7, 11) is 0. The zero-order valence-corrected chi connectivity index (χ0v) is 15.6. The van der Waals surface area contributed by atoms with Crippen molar-refractivity contribution in [1.29, 1.82) is 0 Å². The van der Waals surface area contributed by atoms with E-state index in [2.05, 4.69) is 15.5 Å². The Morgan fingerprint density at radius 2 is 2.00 bits per heavy atom. The van der Waals surface area contributed by atoms with Crippen LogP contribution < -0.4 is 5.32 Å². The van der Waals surface area contributed by atoms with Gasteiger partial charge in [-0.05, 0) is 18.6 Å². The normalized spacial score (nSPS) is 12.9. The average molecular weight is 415 g/mol. The number of hydrogen-bond acceptors (Lipinski definition) is 4. The van der Waals surface area contributed by atoms with Gasteiger partial charge < -0.3 is 5.32 Å². The predicted molar refractivity (Wildman–Crippen MR) is 96.6 cm³/mol. The minimum Gasteiger partial charge on any atom is -0.351 e. The molecule has 0 saturated carbocycles. The highest BCUT2D eigenvalue weighted by atomic mass is 35.5. The second kappa shape index (κ2) is 7.77. The van der Waals surface area contributed by atoms with Gasteiger partial charge in [-0.3, -0.25) is 9.20 Å². The van der Waals surface area contributed by atoms with Gasteiger partial charge in [-0.2, -0.15) is 13.2 Å². The van der Waals surface area contributed by atoms with E-state index >= 15 is 0 Å². The number of nitrogens with one attached hydrogen (secondary N) is 1. The lowest BCUT2D eigenvalue weighted by Gasteiger charge is -2.12. The number of aromatic nitrogens is 3. The summed E-state index contributed by atoms with van der Waals surface area (Å²) in [6, 6.07) is 10.2. The lowest BCUT2D eigenvalue weighted by Crippen LogP contribution is -2.30. The van der Waals surface area contributed by atoms with Crippen molar-refractivity contribution in [2.24, 2.45) is 0 Å². The predicted octanol–water partition coefficient (Wildman–Crippen LogP) is 4.20. The van der Waals surface area contributed by atoms with Gasteiger partial charge in [0, 0.05) is 12.7 Å². The molecule has 1 aromatic carbocycles.